The summed E-state index contributed by atoms with van der Waals surface area (Å²) >= 11 is 0. The molecule has 2 heterocycles. The van der Waals surface area contributed by atoms with E-state index in [-0.39, 0.29) is 11.3 Å². The highest BCUT2D eigenvalue weighted by molar-refractivity contribution is 6.09. The summed E-state index contributed by atoms with van der Waals surface area (Å²) in [4.78, 5) is 28.1. The molecule has 11 heteroatoms. The molecule has 0 bridgehead atoms. The number of pyridine rings is 1. The minimum absolute atomic E-state index is 0.0115. The Morgan fingerprint density at radius 3 is 2.65 bits per heavy atom. The minimum Gasteiger partial charge on any atom is -0.465 e. The number of benzene rings is 1. The van der Waals surface area contributed by atoms with Gasteiger partial charge in [-0.25, -0.2) is 9.78 Å². The van der Waals surface area contributed by atoms with Crippen LogP contribution in [0.1, 0.15) is 33.0 Å². The smallest absolute Gasteiger partial charge is 0.433 e. The van der Waals surface area contributed by atoms with Gasteiger partial charge in [0.1, 0.15) is 11.4 Å². The van der Waals surface area contributed by atoms with Crippen molar-refractivity contribution in [3.05, 3.63) is 53.5 Å². The lowest BCUT2D eigenvalue weighted by molar-refractivity contribution is -0.141. The van der Waals surface area contributed by atoms with Crippen LogP contribution < -0.4 is 5.32 Å². The van der Waals surface area contributed by atoms with Gasteiger partial charge >= 0.3 is 12.1 Å². The van der Waals surface area contributed by atoms with Crippen LogP contribution >= 0.6 is 0 Å². The first-order chi connectivity index (χ1) is 14.7. The minimum atomic E-state index is -4.69. The van der Waals surface area contributed by atoms with Crippen molar-refractivity contribution < 1.29 is 32.2 Å². The van der Waals surface area contributed by atoms with Crippen molar-refractivity contribution in [2.45, 2.75) is 19.1 Å². The summed E-state index contributed by atoms with van der Waals surface area (Å²) in [6.45, 7) is 1.13. The molecule has 0 radical (unpaired) electrons. The van der Waals surface area contributed by atoms with E-state index in [0.29, 0.717) is 24.1 Å². The van der Waals surface area contributed by atoms with Crippen LogP contribution in [-0.4, -0.2) is 47.5 Å². The number of nitrogens with zero attached hydrogens (tertiary/aromatic N) is 3. The average Bonchev–Trinajstić information content (AvgIpc) is 3.13. The van der Waals surface area contributed by atoms with Gasteiger partial charge in [-0.1, -0.05) is 6.07 Å². The highest BCUT2D eigenvalue weighted by Crippen LogP contribution is 2.28. The maximum Gasteiger partial charge on any atom is 0.433 e. The van der Waals surface area contributed by atoms with Gasteiger partial charge in [0.2, 0.25) is 0 Å². The van der Waals surface area contributed by atoms with Crippen LogP contribution in [0.25, 0.3) is 10.9 Å². The number of nitrogens with one attached hydrogen (secondary N) is 1. The molecule has 8 nitrogen and oxygen atoms in total. The molecule has 0 aliphatic heterocycles. The van der Waals surface area contributed by atoms with E-state index in [0.717, 1.165) is 24.6 Å². The molecular formula is C20H19F3N4O4. The molecule has 0 fully saturated rings. The lowest BCUT2D eigenvalue weighted by atomic mass is 10.1. The van der Waals surface area contributed by atoms with Gasteiger partial charge in [-0.3, -0.25) is 9.48 Å². The van der Waals surface area contributed by atoms with Crippen LogP contribution in [-0.2, 0) is 22.2 Å². The number of hydrogen-bond acceptors (Lipinski definition) is 6. The molecule has 0 spiro atoms. The van der Waals surface area contributed by atoms with E-state index in [4.69, 9.17) is 9.47 Å². The van der Waals surface area contributed by atoms with E-state index < -0.39 is 29.4 Å². The lowest BCUT2D eigenvalue weighted by Crippen LogP contribution is -2.18. The Balaban J connectivity index is 1.94. The largest absolute Gasteiger partial charge is 0.465 e. The molecule has 0 unspecified atom stereocenters. The molecule has 0 saturated heterocycles. The maximum atomic E-state index is 12.9. The third-order valence-electron chi connectivity index (χ3n) is 4.35. The van der Waals surface area contributed by atoms with Crippen LogP contribution in [0.4, 0.5) is 18.9 Å². The fourth-order valence-electron chi connectivity index (χ4n) is 2.90. The number of carbonyl (C=O) groups excluding carboxylic acids is 2. The van der Waals surface area contributed by atoms with Gasteiger partial charge in [0.25, 0.3) is 5.91 Å². The van der Waals surface area contributed by atoms with Gasteiger partial charge in [0.05, 0.1) is 23.9 Å². The molecule has 164 valence electrons. The number of alkyl halides is 3. The fraction of sp³-hybridized carbons (Fsp3) is 0.300. The summed E-state index contributed by atoms with van der Waals surface area (Å²) in [7, 11) is 2.77. The van der Waals surface area contributed by atoms with Crippen molar-refractivity contribution in [2.24, 2.45) is 0 Å². The first-order valence-electron chi connectivity index (χ1n) is 9.17. The number of anilines is 1. The second kappa shape index (κ2) is 9.13. The van der Waals surface area contributed by atoms with Crippen molar-refractivity contribution in [3.63, 3.8) is 0 Å². The number of carbonyl (C=O) groups is 2. The summed E-state index contributed by atoms with van der Waals surface area (Å²) in [5, 5.41) is 7.45. The Morgan fingerprint density at radius 2 is 1.97 bits per heavy atom. The molecule has 3 rings (SSSR count). The Labute approximate surface area is 175 Å². The number of methoxy groups -OCH3 is 2. The summed E-state index contributed by atoms with van der Waals surface area (Å²) < 4.78 is 50.1. The summed E-state index contributed by atoms with van der Waals surface area (Å²) in [5.74, 6) is -1.63. The topological polar surface area (TPSA) is 95.3 Å². The maximum absolute atomic E-state index is 12.9. The second-order valence-electron chi connectivity index (χ2n) is 6.55. The molecular weight excluding hydrogens is 417 g/mol. The average molecular weight is 436 g/mol. The first-order valence-corrected chi connectivity index (χ1v) is 9.17. The highest BCUT2D eigenvalue weighted by atomic mass is 19.4. The van der Waals surface area contributed by atoms with Crippen LogP contribution in [0.5, 0.6) is 0 Å². The molecule has 0 aliphatic carbocycles. The molecule has 31 heavy (non-hydrogen) atoms. The zero-order valence-corrected chi connectivity index (χ0v) is 16.7. The van der Waals surface area contributed by atoms with E-state index >= 15 is 0 Å². The predicted molar refractivity (Wildman–Crippen MR) is 105 cm³/mol. The van der Waals surface area contributed by atoms with Crippen LogP contribution in [0.3, 0.4) is 0 Å². The van der Waals surface area contributed by atoms with Gasteiger partial charge in [-0.05, 0) is 30.7 Å². The normalized spacial score (nSPS) is 11.5. The summed E-state index contributed by atoms with van der Waals surface area (Å²) in [6, 6.07) is 5.95. The molecule has 0 atom stereocenters. The number of aryl methyl sites for hydroxylation is 1. The number of halogens is 3. The van der Waals surface area contributed by atoms with E-state index in [1.165, 1.54) is 19.2 Å². The zero-order valence-electron chi connectivity index (χ0n) is 16.7. The standard InChI is InChI=1S/C20H19F3N4O4/c1-30-8-4-7-27-11-12-9-16(13(19(29)31-2)10-15(12)26-27)25-18(28)14-5-3-6-17(24-14)20(21,22)23/h3,5-6,9-11H,4,7-8H2,1-2H3,(H,25,28). The van der Waals surface area contributed by atoms with Gasteiger partial charge < -0.3 is 14.8 Å². The quantitative estimate of drug-likeness (QED) is 0.450. The van der Waals surface area contributed by atoms with Crippen LogP contribution in [0, 0.1) is 0 Å². The zero-order chi connectivity index (χ0) is 22.6. The predicted octanol–water partition coefficient (Wildman–Crippen LogP) is 3.53. The number of ether oxygens (including phenoxy) is 2. The molecule has 1 N–H and O–H groups in total. The fourth-order valence-corrected chi connectivity index (χ4v) is 2.90. The number of fused-ring (bicyclic) bond motifs is 1. The summed E-state index contributed by atoms with van der Waals surface area (Å²) in [5.41, 5.74) is -1.06. The van der Waals surface area contributed by atoms with E-state index in [1.807, 2.05) is 0 Å². The van der Waals surface area contributed by atoms with Gasteiger partial charge in [0, 0.05) is 31.8 Å². The Kier molecular flexibility index (Phi) is 6.54. The SMILES string of the molecule is COCCCn1cc2cc(NC(=O)c3cccc(C(F)(F)F)n3)c(C(=O)OC)cc2n1. The molecule has 1 aromatic carbocycles. The third-order valence-corrected chi connectivity index (χ3v) is 4.35. The molecule has 0 aliphatic rings. The molecule has 0 saturated carbocycles. The van der Waals surface area contributed by atoms with Crippen molar-refractivity contribution in [3.8, 4) is 0 Å². The number of hydrogen-bond donors (Lipinski definition) is 1. The Bertz CT molecular complexity index is 1110. The molecule has 3 aromatic rings. The molecule has 2 aromatic heterocycles. The molecule has 1 amide bonds. The Morgan fingerprint density at radius 1 is 1.19 bits per heavy atom. The van der Waals surface area contributed by atoms with Crippen molar-refractivity contribution in [1.29, 1.82) is 0 Å². The van der Waals surface area contributed by atoms with Crippen molar-refractivity contribution in [2.75, 3.05) is 26.1 Å². The number of rotatable bonds is 7. The monoisotopic (exact) mass is 436 g/mol. The Hall–Kier alpha value is -3.47. The van der Waals surface area contributed by atoms with E-state index in [2.05, 4.69) is 15.4 Å². The highest BCUT2D eigenvalue weighted by Gasteiger charge is 2.33. The third kappa shape index (κ3) is 5.18. The van der Waals surface area contributed by atoms with Crippen LogP contribution in [0.2, 0.25) is 0 Å². The second-order valence-corrected chi connectivity index (χ2v) is 6.55. The summed E-state index contributed by atoms with van der Waals surface area (Å²) in [6.07, 6.45) is -2.24. The van der Waals surface area contributed by atoms with Crippen LogP contribution in [0.15, 0.2) is 36.5 Å². The van der Waals surface area contributed by atoms with Crippen molar-refractivity contribution in [1.82, 2.24) is 14.8 Å². The number of aromatic nitrogens is 3. The van der Waals surface area contributed by atoms with Crippen molar-refractivity contribution >= 4 is 28.5 Å². The number of amides is 1. The van der Waals surface area contributed by atoms with Gasteiger partial charge in [0.15, 0.2) is 0 Å². The lowest BCUT2D eigenvalue weighted by Gasteiger charge is -2.11. The van der Waals surface area contributed by atoms with E-state index in [1.54, 1.807) is 18.0 Å². The first kappa shape index (κ1) is 22.2. The van der Waals surface area contributed by atoms with E-state index in [9.17, 15) is 22.8 Å². The number of esters is 1. The van der Waals surface area contributed by atoms with Gasteiger partial charge in [-0.2, -0.15) is 18.3 Å². The van der Waals surface area contributed by atoms with Gasteiger partial charge in [-0.15, -0.1) is 0 Å².